The number of esters is 1. The maximum atomic E-state index is 12.7. The molecule has 1 unspecified atom stereocenters. The summed E-state index contributed by atoms with van der Waals surface area (Å²) >= 11 is 0. The molecule has 3 atom stereocenters. The summed E-state index contributed by atoms with van der Waals surface area (Å²) in [5, 5.41) is 30.4. The van der Waals surface area contributed by atoms with Crippen molar-refractivity contribution in [2.24, 2.45) is 20.9 Å². The standard InChI is InChI=1S/C28H33N5O7/c1-6-38-26(35)19-9-15(8-7-14(2)12-33-13-30-22-24(33)31-27(29)32-25(22)34)21-18(39-19)11-17-16(23(21)37-5)10-20(40-17)28(3,4)36/h8-9,11,14,20,36H,6-7,10,12-13H2,1-5H3,(H2,29,32,34)/t14-,20-/m0/s1. The Labute approximate surface area is 231 Å². The van der Waals surface area contributed by atoms with Gasteiger partial charge in [-0.1, -0.05) is 13.0 Å². The number of rotatable bonds is 8. The molecule has 1 aromatic carbocycles. The molecule has 12 heteroatoms. The summed E-state index contributed by atoms with van der Waals surface area (Å²) in [6.07, 6.45) is 4.28. The Morgan fingerprint density at radius 2 is 2.15 bits per heavy atom. The normalized spacial score (nSPS) is 23.1. The van der Waals surface area contributed by atoms with Crippen LogP contribution in [-0.4, -0.2) is 73.1 Å². The van der Waals surface area contributed by atoms with Gasteiger partial charge in [0.25, 0.3) is 5.84 Å². The average Bonchev–Trinajstić information content (AvgIpc) is 3.50. The molecule has 0 spiro atoms. The minimum absolute atomic E-state index is 0.0489. The highest BCUT2D eigenvalue weighted by Gasteiger charge is 2.40. The monoisotopic (exact) mass is 551 g/mol. The summed E-state index contributed by atoms with van der Waals surface area (Å²) in [4.78, 5) is 25.5. The van der Waals surface area contributed by atoms with E-state index in [0.29, 0.717) is 54.7 Å². The average molecular weight is 552 g/mol. The van der Waals surface area contributed by atoms with Gasteiger partial charge >= 0.3 is 5.97 Å². The third-order valence-corrected chi connectivity index (χ3v) is 7.18. The molecule has 12 nitrogen and oxygen atoms in total. The molecule has 0 radical (unpaired) electrons. The van der Waals surface area contributed by atoms with Crippen molar-refractivity contribution in [3.8, 4) is 17.2 Å². The van der Waals surface area contributed by atoms with E-state index in [4.69, 9.17) is 24.4 Å². The second-order valence-corrected chi connectivity index (χ2v) is 10.7. The van der Waals surface area contributed by atoms with Crippen molar-refractivity contribution in [3.05, 3.63) is 35.1 Å². The highest BCUT2D eigenvalue weighted by Crippen LogP contribution is 2.50. The first-order valence-corrected chi connectivity index (χ1v) is 13.2. The zero-order chi connectivity index (χ0) is 28.8. The lowest BCUT2D eigenvalue weighted by molar-refractivity contribution is -0.802. The Morgan fingerprint density at radius 3 is 2.85 bits per heavy atom. The van der Waals surface area contributed by atoms with Crippen molar-refractivity contribution in [1.29, 1.82) is 5.41 Å². The molecule has 4 aliphatic rings. The van der Waals surface area contributed by atoms with Crippen LogP contribution in [0.3, 0.4) is 0 Å². The molecule has 0 amide bonds. The molecular weight excluding hydrogens is 518 g/mol. The van der Waals surface area contributed by atoms with Gasteiger partial charge in [0.05, 0.1) is 31.4 Å². The molecule has 3 N–H and O–H groups in total. The van der Waals surface area contributed by atoms with Crippen LogP contribution in [-0.2, 0) is 16.0 Å². The number of fused-ring (bicyclic) bond motifs is 3. The van der Waals surface area contributed by atoms with Crippen molar-refractivity contribution in [2.75, 3.05) is 26.9 Å². The van der Waals surface area contributed by atoms with E-state index in [1.165, 1.54) is 0 Å². The van der Waals surface area contributed by atoms with E-state index in [1.54, 1.807) is 40.0 Å². The zero-order valence-corrected chi connectivity index (χ0v) is 23.2. The molecule has 0 bridgehead atoms. The first-order chi connectivity index (χ1) is 19.0. The van der Waals surface area contributed by atoms with Crippen LogP contribution in [0.4, 0.5) is 0 Å². The van der Waals surface area contributed by atoms with Gasteiger partial charge in [-0.05, 0) is 38.8 Å². The number of carbonyl (C=O) groups excluding carboxylic acids is 1. The number of carbonyl (C=O) groups is 1. The molecular formula is C28H33N5O7. The fourth-order valence-electron chi connectivity index (χ4n) is 5.20. The SMILES string of the molecule is CCOC(=O)C1=CC(=CC[C@H](C)C[NH+]2CN=C3C([O-])=NC(=N)N=C32)c2c(cc3c(c2OC)C[C@@H](C(C)(C)O)O3)O1. The van der Waals surface area contributed by atoms with Crippen LogP contribution in [0.1, 0.15) is 45.2 Å². The summed E-state index contributed by atoms with van der Waals surface area (Å²) in [7, 11) is 1.57. The summed E-state index contributed by atoms with van der Waals surface area (Å²) in [6, 6.07) is 1.73. The van der Waals surface area contributed by atoms with Crippen LogP contribution in [0.2, 0.25) is 0 Å². The summed E-state index contributed by atoms with van der Waals surface area (Å²) in [5.41, 5.74) is 1.40. The van der Waals surface area contributed by atoms with E-state index in [1.807, 2.05) is 6.08 Å². The lowest BCUT2D eigenvalue weighted by atomic mass is 9.91. The van der Waals surface area contributed by atoms with E-state index >= 15 is 0 Å². The van der Waals surface area contributed by atoms with Crippen LogP contribution in [0.5, 0.6) is 17.2 Å². The molecule has 4 aliphatic heterocycles. The number of aliphatic hydroxyl groups is 1. The number of quaternary nitrogens is 1. The van der Waals surface area contributed by atoms with Gasteiger partial charge in [0.2, 0.25) is 11.7 Å². The number of hydrogen-bond donors (Lipinski definition) is 3. The number of methoxy groups -OCH3 is 1. The number of guanidine groups is 1. The Hall–Kier alpha value is -4.03. The molecule has 1 aromatic rings. The Balaban J connectivity index is 1.44. The Bertz CT molecular complexity index is 1420. The highest BCUT2D eigenvalue weighted by molar-refractivity contribution is 6.66. The lowest BCUT2D eigenvalue weighted by Gasteiger charge is -2.24. The molecule has 0 saturated carbocycles. The van der Waals surface area contributed by atoms with Crippen LogP contribution in [0.25, 0.3) is 5.57 Å². The van der Waals surface area contributed by atoms with Crippen LogP contribution in [0, 0.1) is 11.3 Å². The molecule has 212 valence electrons. The number of allylic oxidation sites excluding steroid dienone is 3. The minimum Gasteiger partial charge on any atom is -0.857 e. The third kappa shape index (κ3) is 5.11. The summed E-state index contributed by atoms with van der Waals surface area (Å²) in [5.74, 6) is 0.725. The molecule has 5 rings (SSSR count). The molecule has 40 heavy (non-hydrogen) atoms. The predicted octanol–water partition coefficient (Wildman–Crippen LogP) is 0.421. The maximum absolute atomic E-state index is 12.7. The molecule has 0 fully saturated rings. The number of amidine groups is 1. The number of aliphatic imine (C=N–C) groups is 3. The first kappa shape index (κ1) is 27.5. The lowest BCUT2D eigenvalue weighted by Crippen LogP contribution is -3.14. The van der Waals surface area contributed by atoms with Gasteiger partial charge in [-0.2, -0.15) is 4.99 Å². The number of hydrogen-bond acceptors (Lipinski definition) is 9. The van der Waals surface area contributed by atoms with Crippen LogP contribution >= 0.6 is 0 Å². The van der Waals surface area contributed by atoms with Gasteiger partial charge in [0, 0.05) is 29.9 Å². The van der Waals surface area contributed by atoms with Crippen LogP contribution in [0.15, 0.2) is 39.0 Å². The van der Waals surface area contributed by atoms with E-state index in [-0.39, 0.29) is 30.0 Å². The quantitative estimate of drug-likeness (QED) is 0.394. The Kier molecular flexibility index (Phi) is 7.23. The van der Waals surface area contributed by atoms with Crippen molar-refractivity contribution >= 4 is 34.9 Å². The zero-order valence-electron chi connectivity index (χ0n) is 23.2. The predicted molar refractivity (Wildman–Crippen MR) is 145 cm³/mol. The summed E-state index contributed by atoms with van der Waals surface area (Å²) < 4.78 is 23.1. The third-order valence-electron chi connectivity index (χ3n) is 7.18. The van der Waals surface area contributed by atoms with E-state index in [2.05, 4.69) is 21.9 Å². The van der Waals surface area contributed by atoms with Gasteiger partial charge in [-0.25, -0.2) is 14.8 Å². The number of nitrogens with zero attached hydrogens (tertiary/aromatic N) is 3. The van der Waals surface area contributed by atoms with E-state index in [9.17, 15) is 15.0 Å². The maximum Gasteiger partial charge on any atom is 0.374 e. The second-order valence-electron chi connectivity index (χ2n) is 10.7. The van der Waals surface area contributed by atoms with Crippen molar-refractivity contribution < 1.29 is 38.9 Å². The Morgan fingerprint density at radius 1 is 1.38 bits per heavy atom. The fraction of sp³-hybridized carbons (Fsp3) is 0.464. The number of ether oxygens (including phenoxy) is 4. The largest absolute Gasteiger partial charge is 0.857 e. The number of nitrogens with one attached hydrogen (secondary N) is 2. The highest BCUT2D eigenvalue weighted by atomic mass is 16.6. The van der Waals surface area contributed by atoms with Gasteiger partial charge < -0.3 is 29.2 Å². The van der Waals surface area contributed by atoms with E-state index in [0.717, 1.165) is 16.0 Å². The van der Waals surface area contributed by atoms with Gasteiger partial charge in [0.15, 0.2) is 12.4 Å². The second kappa shape index (κ2) is 10.5. The van der Waals surface area contributed by atoms with E-state index < -0.39 is 23.6 Å². The molecule has 0 aromatic heterocycles. The van der Waals surface area contributed by atoms with Gasteiger partial charge in [-0.3, -0.25) is 10.3 Å². The van der Waals surface area contributed by atoms with Crippen molar-refractivity contribution in [3.63, 3.8) is 0 Å². The molecule has 0 aliphatic carbocycles. The summed E-state index contributed by atoms with van der Waals surface area (Å²) in [6.45, 7) is 8.37. The van der Waals surface area contributed by atoms with Crippen LogP contribution < -0.4 is 24.2 Å². The smallest absolute Gasteiger partial charge is 0.374 e. The van der Waals surface area contributed by atoms with Crippen molar-refractivity contribution in [2.45, 2.75) is 52.2 Å². The topological polar surface area (TPSA) is 163 Å². The molecule has 0 saturated heterocycles. The minimum atomic E-state index is -1.07. The fourth-order valence-corrected chi connectivity index (χ4v) is 5.20. The first-order valence-electron chi connectivity index (χ1n) is 13.2. The van der Waals surface area contributed by atoms with Crippen molar-refractivity contribution in [1.82, 2.24) is 0 Å². The number of benzene rings is 1. The van der Waals surface area contributed by atoms with Gasteiger partial charge in [-0.15, -0.1) is 0 Å². The van der Waals surface area contributed by atoms with Gasteiger partial charge in [0.1, 0.15) is 23.4 Å². The molecule has 4 heterocycles.